The lowest BCUT2D eigenvalue weighted by Gasteiger charge is -2.06. The van der Waals surface area contributed by atoms with Crippen molar-refractivity contribution in [2.75, 3.05) is 32.2 Å². The Morgan fingerprint density at radius 3 is 2.68 bits per heavy atom. The second kappa shape index (κ2) is 10.2. The number of nitrogens with zero attached hydrogens (tertiary/aromatic N) is 1. The van der Waals surface area contributed by atoms with Crippen LogP contribution in [0.1, 0.15) is 13.3 Å². The maximum atomic E-state index is 11.8. The first-order valence-electron chi connectivity index (χ1n) is 7.08. The highest BCUT2D eigenvalue weighted by Gasteiger charge is 2.07. The number of carbonyl (C=O) groups is 1. The fourth-order valence-corrected chi connectivity index (χ4v) is 1.63. The summed E-state index contributed by atoms with van der Waals surface area (Å²) in [6.07, 6.45) is 2.09. The predicted octanol–water partition coefficient (Wildman–Crippen LogP) is 2.06. The van der Waals surface area contributed by atoms with Crippen molar-refractivity contribution in [1.29, 1.82) is 5.26 Å². The zero-order valence-electron chi connectivity index (χ0n) is 12.9. The second-order valence-electron chi connectivity index (χ2n) is 4.37. The van der Waals surface area contributed by atoms with Crippen molar-refractivity contribution >= 4 is 11.6 Å². The molecule has 0 aromatic heterocycles. The Kier molecular flexibility index (Phi) is 8.16. The van der Waals surface area contributed by atoms with Crippen molar-refractivity contribution in [3.05, 3.63) is 36.0 Å². The number of hydrogen-bond donors (Lipinski definition) is 2. The molecule has 0 aliphatic heterocycles. The Morgan fingerprint density at radius 2 is 2.09 bits per heavy atom. The van der Waals surface area contributed by atoms with Gasteiger partial charge < -0.3 is 20.1 Å². The number of carbonyl (C=O) groups excluding carboxylic acids is 1. The van der Waals surface area contributed by atoms with Crippen LogP contribution in [-0.4, -0.2) is 32.8 Å². The summed E-state index contributed by atoms with van der Waals surface area (Å²) in [7, 11) is 1.60. The Hall–Kier alpha value is -2.52. The molecule has 118 valence electrons. The van der Waals surface area contributed by atoms with Crippen LogP contribution in [0.3, 0.4) is 0 Å². The third kappa shape index (κ3) is 6.29. The number of rotatable bonds is 9. The summed E-state index contributed by atoms with van der Waals surface area (Å²) < 4.78 is 10.2. The van der Waals surface area contributed by atoms with Gasteiger partial charge in [-0.25, -0.2) is 0 Å². The molecule has 1 aromatic rings. The van der Waals surface area contributed by atoms with E-state index in [4.69, 9.17) is 14.7 Å². The number of ether oxygens (including phenoxy) is 2. The minimum Gasteiger partial charge on any atom is -0.494 e. The van der Waals surface area contributed by atoms with Gasteiger partial charge in [-0.1, -0.05) is 0 Å². The van der Waals surface area contributed by atoms with Gasteiger partial charge in [0.25, 0.3) is 5.91 Å². The summed E-state index contributed by atoms with van der Waals surface area (Å²) in [6, 6.07) is 9.13. The highest BCUT2D eigenvalue weighted by Crippen LogP contribution is 2.15. The number of benzene rings is 1. The summed E-state index contributed by atoms with van der Waals surface area (Å²) in [4.78, 5) is 11.8. The number of anilines is 1. The van der Waals surface area contributed by atoms with Crippen LogP contribution in [0.5, 0.6) is 5.75 Å². The van der Waals surface area contributed by atoms with E-state index in [0.717, 1.165) is 11.4 Å². The Balaban J connectivity index is 2.53. The average Bonchev–Trinajstić information content (AvgIpc) is 2.54. The van der Waals surface area contributed by atoms with Gasteiger partial charge in [0.15, 0.2) is 0 Å². The van der Waals surface area contributed by atoms with Gasteiger partial charge in [0.1, 0.15) is 17.4 Å². The molecular weight excluding hydrogens is 282 g/mol. The lowest BCUT2D eigenvalue weighted by atomic mass is 10.2. The van der Waals surface area contributed by atoms with E-state index in [2.05, 4.69) is 10.6 Å². The molecule has 0 saturated carbocycles. The number of nitrogens with one attached hydrogen (secondary N) is 2. The van der Waals surface area contributed by atoms with Crippen molar-refractivity contribution in [3.63, 3.8) is 0 Å². The van der Waals surface area contributed by atoms with Crippen LogP contribution in [0.2, 0.25) is 0 Å². The first-order chi connectivity index (χ1) is 10.7. The van der Waals surface area contributed by atoms with Gasteiger partial charge in [-0.2, -0.15) is 5.26 Å². The van der Waals surface area contributed by atoms with Crippen LogP contribution in [0, 0.1) is 11.3 Å². The van der Waals surface area contributed by atoms with Crippen molar-refractivity contribution in [2.45, 2.75) is 13.3 Å². The van der Waals surface area contributed by atoms with Crippen LogP contribution >= 0.6 is 0 Å². The third-order valence-electron chi connectivity index (χ3n) is 2.72. The molecule has 22 heavy (non-hydrogen) atoms. The molecule has 0 fully saturated rings. The maximum Gasteiger partial charge on any atom is 0.263 e. The smallest absolute Gasteiger partial charge is 0.263 e. The zero-order chi connectivity index (χ0) is 16.2. The molecule has 1 aromatic carbocycles. The minimum absolute atomic E-state index is 0.0197. The number of nitriles is 1. The first-order valence-corrected chi connectivity index (χ1v) is 7.08. The molecule has 0 bridgehead atoms. The highest BCUT2D eigenvalue weighted by atomic mass is 16.5. The topological polar surface area (TPSA) is 83.4 Å². The maximum absolute atomic E-state index is 11.8. The lowest BCUT2D eigenvalue weighted by Crippen LogP contribution is -2.26. The second-order valence-corrected chi connectivity index (χ2v) is 4.37. The largest absolute Gasteiger partial charge is 0.494 e. The van der Waals surface area contributed by atoms with Gasteiger partial charge in [-0.15, -0.1) is 0 Å². The van der Waals surface area contributed by atoms with Crippen LogP contribution in [0.4, 0.5) is 5.69 Å². The summed E-state index contributed by atoms with van der Waals surface area (Å²) in [5.74, 6) is 0.366. The summed E-state index contributed by atoms with van der Waals surface area (Å²) >= 11 is 0. The zero-order valence-corrected chi connectivity index (χ0v) is 12.9. The first kappa shape index (κ1) is 17.5. The lowest BCUT2D eigenvalue weighted by molar-refractivity contribution is -0.117. The van der Waals surface area contributed by atoms with Gasteiger partial charge in [0.2, 0.25) is 0 Å². The van der Waals surface area contributed by atoms with Gasteiger partial charge in [-0.05, 0) is 37.6 Å². The highest BCUT2D eigenvalue weighted by molar-refractivity contribution is 5.97. The third-order valence-corrected chi connectivity index (χ3v) is 2.72. The van der Waals surface area contributed by atoms with Crippen LogP contribution in [0.15, 0.2) is 36.0 Å². The SMILES string of the molecule is CCOc1ccc(N/C=C(/C#N)C(=O)NCCCOC)cc1. The fourth-order valence-electron chi connectivity index (χ4n) is 1.63. The van der Waals surface area contributed by atoms with E-state index < -0.39 is 5.91 Å². The molecule has 0 aliphatic rings. The van der Waals surface area contributed by atoms with E-state index in [1.54, 1.807) is 7.11 Å². The van der Waals surface area contributed by atoms with Crippen LogP contribution < -0.4 is 15.4 Å². The predicted molar refractivity (Wildman–Crippen MR) is 84.4 cm³/mol. The van der Waals surface area contributed by atoms with E-state index in [1.807, 2.05) is 37.3 Å². The Morgan fingerprint density at radius 1 is 1.36 bits per heavy atom. The van der Waals surface area contributed by atoms with E-state index in [1.165, 1.54) is 6.20 Å². The van der Waals surface area contributed by atoms with Crippen LogP contribution in [0.25, 0.3) is 0 Å². The standard InChI is InChI=1S/C16H21N3O3/c1-3-22-15-7-5-14(6-8-15)19-12-13(11-17)16(20)18-9-4-10-21-2/h5-8,12,19H,3-4,9-10H2,1-2H3,(H,18,20)/b13-12-. The van der Waals surface area contributed by atoms with Crippen molar-refractivity contribution in [2.24, 2.45) is 0 Å². The van der Waals surface area contributed by atoms with E-state index in [9.17, 15) is 4.79 Å². The van der Waals surface area contributed by atoms with Gasteiger partial charge >= 0.3 is 0 Å². The Labute approximate surface area is 130 Å². The minimum atomic E-state index is -0.406. The van der Waals surface area contributed by atoms with Gasteiger partial charge in [0, 0.05) is 32.1 Å². The summed E-state index contributed by atoms with van der Waals surface area (Å²) in [5.41, 5.74) is 0.787. The summed E-state index contributed by atoms with van der Waals surface area (Å²) in [5, 5.41) is 14.6. The Bertz CT molecular complexity index is 533. The van der Waals surface area contributed by atoms with Crippen molar-refractivity contribution in [3.8, 4) is 11.8 Å². The quantitative estimate of drug-likeness (QED) is 0.414. The molecule has 0 unspecified atom stereocenters. The van der Waals surface area contributed by atoms with Gasteiger partial charge in [-0.3, -0.25) is 4.79 Å². The normalized spacial score (nSPS) is 10.7. The molecule has 0 heterocycles. The van der Waals surface area contributed by atoms with Crippen molar-refractivity contribution < 1.29 is 14.3 Å². The van der Waals surface area contributed by atoms with Gasteiger partial charge in [0.05, 0.1) is 6.61 Å². The molecule has 0 saturated heterocycles. The molecular formula is C16H21N3O3. The average molecular weight is 303 g/mol. The van der Waals surface area contributed by atoms with E-state index in [-0.39, 0.29) is 5.57 Å². The number of amides is 1. The molecule has 1 rings (SSSR count). The monoisotopic (exact) mass is 303 g/mol. The van der Waals surface area contributed by atoms with Crippen molar-refractivity contribution in [1.82, 2.24) is 5.32 Å². The van der Waals surface area contributed by atoms with Crippen LogP contribution in [-0.2, 0) is 9.53 Å². The molecule has 0 aliphatic carbocycles. The summed E-state index contributed by atoms with van der Waals surface area (Å²) in [6.45, 7) is 3.55. The molecule has 0 radical (unpaired) electrons. The fraction of sp³-hybridized carbons (Fsp3) is 0.375. The molecule has 0 spiro atoms. The van der Waals surface area contributed by atoms with E-state index in [0.29, 0.717) is 26.2 Å². The van der Waals surface area contributed by atoms with E-state index >= 15 is 0 Å². The molecule has 6 heteroatoms. The number of methoxy groups -OCH3 is 1. The molecule has 6 nitrogen and oxygen atoms in total. The molecule has 0 atom stereocenters. The molecule has 1 amide bonds. The number of hydrogen-bond acceptors (Lipinski definition) is 5. The molecule has 2 N–H and O–H groups in total.